The molecule has 158 valence electrons. The van der Waals surface area contributed by atoms with Gasteiger partial charge in [-0.3, -0.25) is 9.69 Å². The number of nitrogens with zero attached hydrogens (tertiary/aromatic N) is 1. The molecule has 1 unspecified atom stereocenters. The topological polar surface area (TPSA) is 76.8 Å². The van der Waals surface area contributed by atoms with Crippen LogP contribution in [0.15, 0.2) is 80.8 Å². The minimum Gasteiger partial charge on any atom is -0.458 e. The van der Waals surface area contributed by atoms with Gasteiger partial charge in [-0.1, -0.05) is 54.2 Å². The molecule has 7 heteroatoms. The maximum absolute atomic E-state index is 13.4. The fraction of sp³-hybridized carbons (Fsp3) is 0.160. The molecule has 1 atom stereocenters. The number of para-hydroxylation sites is 1. The summed E-state index contributed by atoms with van der Waals surface area (Å²) in [5, 5.41) is 2.65. The summed E-state index contributed by atoms with van der Waals surface area (Å²) in [5.74, 6) is -0.567. The molecule has 0 radical (unpaired) electrons. The number of thioether (sulfide) groups is 1. The Kier molecular flexibility index (Phi) is 4.16. The van der Waals surface area contributed by atoms with Gasteiger partial charge in [0.05, 0.1) is 5.69 Å². The first-order valence-electron chi connectivity index (χ1n) is 10.3. The molecule has 0 N–H and O–H groups in total. The summed E-state index contributed by atoms with van der Waals surface area (Å²) < 4.78 is 11.2. The number of anilines is 1. The van der Waals surface area contributed by atoms with Crippen molar-refractivity contribution in [3.8, 4) is 0 Å². The van der Waals surface area contributed by atoms with Crippen molar-refractivity contribution < 1.29 is 18.7 Å². The van der Waals surface area contributed by atoms with Crippen LogP contribution in [0.2, 0.25) is 0 Å². The smallest absolute Gasteiger partial charge is 0.343 e. The molecule has 32 heavy (non-hydrogen) atoms. The number of amides is 1. The van der Waals surface area contributed by atoms with E-state index in [-0.39, 0.29) is 12.5 Å². The Morgan fingerprint density at radius 2 is 1.88 bits per heavy atom. The van der Waals surface area contributed by atoms with Gasteiger partial charge < -0.3 is 9.15 Å². The van der Waals surface area contributed by atoms with Gasteiger partial charge in [0.25, 0.3) is 0 Å². The molecule has 2 aliphatic heterocycles. The molecule has 1 amide bonds. The van der Waals surface area contributed by atoms with Crippen LogP contribution in [0.5, 0.6) is 0 Å². The molecule has 3 heterocycles. The van der Waals surface area contributed by atoms with Crippen LogP contribution in [0, 0.1) is 0 Å². The van der Waals surface area contributed by atoms with E-state index in [2.05, 4.69) is 0 Å². The van der Waals surface area contributed by atoms with Crippen molar-refractivity contribution in [1.29, 1.82) is 0 Å². The van der Waals surface area contributed by atoms with Gasteiger partial charge in [0.1, 0.15) is 12.2 Å². The Morgan fingerprint density at radius 1 is 1.06 bits per heavy atom. The second-order valence-electron chi connectivity index (χ2n) is 7.91. The van der Waals surface area contributed by atoms with Crippen molar-refractivity contribution >= 4 is 51.1 Å². The number of carbonyl (C=O) groups is 2. The van der Waals surface area contributed by atoms with E-state index in [4.69, 9.17) is 9.15 Å². The molecule has 0 spiro atoms. The minimum absolute atomic E-state index is 0.0869. The lowest BCUT2D eigenvalue weighted by molar-refractivity contribution is -0.148. The fourth-order valence-electron chi connectivity index (χ4n) is 4.66. The largest absolute Gasteiger partial charge is 0.458 e. The number of ether oxygens (including phenoxy) is 1. The Hall–Kier alpha value is -3.58. The normalized spacial score (nSPS) is 19.4. The van der Waals surface area contributed by atoms with Crippen LogP contribution >= 0.6 is 11.8 Å². The minimum atomic E-state index is -1.10. The SMILES string of the molecule is O=C1CCC2(C(=O)OCc3cc(=O)oc4ccc5ccccc5c34)Sc3ccccc3N12. The number of hydrogen-bond donors (Lipinski definition) is 0. The lowest BCUT2D eigenvalue weighted by Crippen LogP contribution is -2.47. The second-order valence-corrected chi connectivity index (χ2v) is 9.23. The van der Waals surface area contributed by atoms with Crippen LogP contribution in [0.3, 0.4) is 0 Å². The summed E-state index contributed by atoms with van der Waals surface area (Å²) in [6, 6.07) is 20.3. The van der Waals surface area contributed by atoms with E-state index in [0.29, 0.717) is 24.0 Å². The van der Waals surface area contributed by atoms with E-state index < -0.39 is 16.5 Å². The maximum Gasteiger partial charge on any atom is 0.343 e. The van der Waals surface area contributed by atoms with E-state index >= 15 is 0 Å². The second kappa shape index (κ2) is 6.97. The average Bonchev–Trinajstić information content (AvgIpc) is 3.32. The third-order valence-corrected chi connectivity index (χ3v) is 7.52. The van der Waals surface area contributed by atoms with E-state index in [0.717, 1.165) is 26.7 Å². The molecule has 6 rings (SSSR count). The number of benzene rings is 3. The molecular weight excluding hydrogens is 426 g/mol. The molecular formula is C25H17NO5S. The molecule has 4 aromatic rings. The van der Waals surface area contributed by atoms with Gasteiger partial charge in [0.15, 0.2) is 4.87 Å². The monoisotopic (exact) mass is 443 g/mol. The van der Waals surface area contributed by atoms with Crippen molar-refractivity contribution in [2.45, 2.75) is 29.2 Å². The van der Waals surface area contributed by atoms with Crippen molar-refractivity contribution in [2.75, 3.05) is 4.90 Å². The summed E-state index contributed by atoms with van der Waals surface area (Å²) in [5.41, 5.74) is 1.26. The zero-order valence-corrected chi connectivity index (χ0v) is 17.7. The summed E-state index contributed by atoms with van der Waals surface area (Å²) in [4.78, 5) is 39.5. The highest BCUT2D eigenvalue weighted by molar-refractivity contribution is 8.02. The number of fused-ring (bicyclic) bond motifs is 6. The predicted octanol–water partition coefficient (Wildman–Crippen LogP) is 4.62. The summed E-state index contributed by atoms with van der Waals surface area (Å²) in [7, 11) is 0. The molecule has 1 fully saturated rings. The molecule has 1 aromatic heterocycles. The standard InChI is InChI=1S/C25H17NO5S/c27-21-11-12-25(26(21)18-7-3-4-8-20(18)32-25)24(29)30-14-16-13-22(28)31-19-10-9-15-5-1-2-6-17(15)23(16)19/h1-10,13H,11-12,14H2. The van der Waals surface area contributed by atoms with Crippen LogP contribution in [-0.2, 0) is 20.9 Å². The quantitative estimate of drug-likeness (QED) is 0.261. The summed E-state index contributed by atoms with van der Waals surface area (Å²) >= 11 is 1.36. The Bertz CT molecular complexity index is 1490. The van der Waals surface area contributed by atoms with Gasteiger partial charge in [-0.05, 0) is 29.0 Å². The van der Waals surface area contributed by atoms with Crippen molar-refractivity contribution in [3.05, 3.63) is 82.7 Å². The van der Waals surface area contributed by atoms with Gasteiger partial charge in [-0.25, -0.2) is 9.59 Å². The lowest BCUT2D eigenvalue weighted by Gasteiger charge is -2.28. The Morgan fingerprint density at radius 3 is 2.78 bits per heavy atom. The van der Waals surface area contributed by atoms with Crippen molar-refractivity contribution in [1.82, 2.24) is 0 Å². The van der Waals surface area contributed by atoms with E-state index in [9.17, 15) is 14.4 Å². The first kappa shape index (κ1) is 19.1. The molecule has 0 saturated carbocycles. The summed E-state index contributed by atoms with van der Waals surface area (Å²) in [6.45, 7) is -0.0877. The molecule has 6 nitrogen and oxygen atoms in total. The van der Waals surface area contributed by atoms with Gasteiger partial charge in [-0.2, -0.15) is 0 Å². The first-order chi connectivity index (χ1) is 15.6. The zero-order chi connectivity index (χ0) is 21.9. The Labute approximate surface area is 186 Å². The van der Waals surface area contributed by atoms with Crippen molar-refractivity contribution in [3.63, 3.8) is 0 Å². The number of rotatable bonds is 3. The number of carbonyl (C=O) groups excluding carboxylic acids is 2. The molecule has 3 aromatic carbocycles. The fourth-order valence-corrected chi connectivity index (χ4v) is 6.07. The Balaban J connectivity index is 1.38. The van der Waals surface area contributed by atoms with Gasteiger partial charge in [-0.15, -0.1) is 0 Å². The molecule has 2 aliphatic rings. The first-order valence-corrected chi connectivity index (χ1v) is 11.1. The van der Waals surface area contributed by atoms with Crippen LogP contribution in [0.1, 0.15) is 18.4 Å². The highest BCUT2D eigenvalue weighted by Crippen LogP contribution is 2.56. The van der Waals surface area contributed by atoms with Gasteiger partial charge >= 0.3 is 11.6 Å². The lowest BCUT2D eigenvalue weighted by atomic mass is 10.0. The van der Waals surface area contributed by atoms with E-state index in [1.54, 1.807) is 11.0 Å². The van der Waals surface area contributed by atoms with Crippen molar-refractivity contribution in [2.24, 2.45) is 0 Å². The average molecular weight is 443 g/mol. The van der Waals surface area contributed by atoms with E-state index in [1.165, 1.54) is 17.8 Å². The number of hydrogen-bond acceptors (Lipinski definition) is 6. The summed E-state index contributed by atoms with van der Waals surface area (Å²) in [6.07, 6.45) is 0.670. The molecule has 0 aliphatic carbocycles. The maximum atomic E-state index is 13.4. The van der Waals surface area contributed by atoms with Gasteiger partial charge in [0, 0.05) is 34.8 Å². The third-order valence-electron chi connectivity index (χ3n) is 6.07. The highest BCUT2D eigenvalue weighted by atomic mass is 32.2. The van der Waals surface area contributed by atoms with E-state index in [1.807, 2.05) is 54.6 Å². The number of esters is 1. The third kappa shape index (κ3) is 2.71. The van der Waals surface area contributed by atoms with Crippen LogP contribution in [0.25, 0.3) is 21.7 Å². The van der Waals surface area contributed by atoms with Crippen LogP contribution in [0.4, 0.5) is 5.69 Å². The molecule has 0 bridgehead atoms. The molecule has 1 saturated heterocycles. The zero-order valence-electron chi connectivity index (χ0n) is 16.9. The van der Waals surface area contributed by atoms with Crippen LogP contribution in [-0.4, -0.2) is 16.7 Å². The highest BCUT2D eigenvalue weighted by Gasteiger charge is 2.58. The predicted molar refractivity (Wildman–Crippen MR) is 122 cm³/mol. The van der Waals surface area contributed by atoms with Crippen LogP contribution < -0.4 is 10.5 Å². The van der Waals surface area contributed by atoms with Gasteiger partial charge in [0.2, 0.25) is 5.91 Å².